The maximum absolute atomic E-state index is 9.63. The van der Waals surface area contributed by atoms with Crippen molar-refractivity contribution < 1.29 is 9.84 Å². The number of nitrogens with one attached hydrogen (secondary N) is 1. The molecule has 2 aromatic rings. The summed E-state index contributed by atoms with van der Waals surface area (Å²) in [6, 6.07) is 0.340. The first-order chi connectivity index (χ1) is 11.3. The first-order valence-electron chi connectivity index (χ1n) is 8.55. The van der Waals surface area contributed by atoms with Crippen molar-refractivity contribution >= 4 is 17.0 Å². The molecule has 2 aliphatic rings. The molecule has 7 nitrogen and oxygen atoms in total. The first kappa shape index (κ1) is 14.8. The number of fused-ring (bicyclic) bond motifs is 1. The van der Waals surface area contributed by atoms with Crippen LogP contribution >= 0.6 is 0 Å². The molecule has 2 aromatic heterocycles. The highest BCUT2D eigenvalue weighted by Crippen LogP contribution is 2.28. The normalized spacial score (nSPS) is 28.8. The molecular formula is C16H23N5O2. The van der Waals surface area contributed by atoms with Crippen LogP contribution in [0.15, 0.2) is 12.7 Å². The quantitative estimate of drug-likeness (QED) is 0.903. The van der Waals surface area contributed by atoms with Gasteiger partial charge in [0, 0.05) is 12.6 Å². The molecule has 4 rings (SSSR count). The van der Waals surface area contributed by atoms with E-state index in [-0.39, 0.29) is 12.3 Å². The van der Waals surface area contributed by atoms with E-state index in [1.165, 1.54) is 6.42 Å². The summed E-state index contributed by atoms with van der Waals surface area (Å²) in [6.07, 6.45) is 10.2. The number of imidazole rings is 1. The van der Waals surface area contributed by atoms with Crippen LogP contribution in [0, 0.1) is 0 Å². The molecule has 1 unspecified atom stereocenters. The first-order valence-corrected chi connectivity index (χ1v) is 8.55. The van der Waals surface area contributed by atoms with E-state index in [2.05, 4.69) is 20.3 Å². The van der Waals surface area contributed by atoms with Gasteiger partial charge in [-0.2, -0.15) is 0 Å². The largest absolute Gasteiger partial charge is 0.393 e. The topological polar surface area (TPSA) is 85.1 Å². The number of nitrogens with zero attached hydrogens (tertiary/aromatic N) is 4. The van der Waals surface area contributed by atoms with Gasteiger partial charge in [0.1, 0.15) is 12.6 Å². The number of aliphatic hydroxyl groups excluding tert-OH is 1. The Labute approximate surface area is 135 Å². The van der Waals surface area contributed by atoms with Gasteiger partial charge < -0.3 is 15.2 Å². The number of aliphatic hydroxyl groups is 1. The van der Waals surface area contributed by atoms with Gasteiger partial charge in [-0.15, -0.1) is 0 Å². The predicted octanol–water partition coefficient (Wildman–Crippen LogP) is 2.24. The molecule has 0 bridgehead atoms. The summed E-state index contributed by atoms with van der Waals surface area (Å²) in [7, 11) is 0. The predicted molar refractivity (Wildman–Crippen MR) is 86.0 cm³/mol. The second kappa shape index (κ2) is 6.41. The third-order valence-electron chi connectivity index (χ3n) is 4.86. The smallest absolute Gasteiger partial charge is 0.167 e. The van der Waals surface area contributed by atoms with Gasteiger partial charge in [-0.3, -0.25) is 4.57 Å². The third kappa shape index (κ3) is 3.03. The summed E-state index contributed by atoms with van der Waals surface area (Å²) >= 11 is 0. The maximum atomic E-state index is 9.63. The van der Waals surface area contributed by atoms with E-state index in [1.807, 2.05) is 10.9 Å². The third-order valence-corrected chi connectivity index (χ3v) is 4.86. The molecule has 23 heavy (non-hydrogen) atoms. The van der Waals surface area contributed by atoms with Gasteiger partial charge in [-0.05, 0) is 44.9 Å². The van der Waals surface area contributed by atoms with E-state index >= 15 is 0 Å². The Morgan fingerprint density at radius 1 is 1.09 bits per heavy atom. The molecule has 0 radical (unpaired) electrons. The lowest BCUT2D eigenvalue weighted by Crippen LogP contribution is -2.28. The van der Waals surface area contributed by atoms with E-state index in [0.717, 1.165) is 62.1 Å². The SMILES string of the molecule is OC1CCC(Nc2ncnc3c2ncn3C2CCCCO2)CC1. The number of aromatic nitrogens is 4. The van der Waals surface area contributed by atoms with Crippen LogP contribution in [0.2, 0.25) is 0 Å². The number of anilines is 1. The molecule has 7 heteroatoms. The molecule has 0 aromatic carbocycles. The second-order valence-corrected chi connectivity index (χ2v) is 6.52. The van der Waals surface area contributed by atoms with Crippen molar-refractivity contribution in [2.45, 2.75) is 63.3 Å². The Morgan fingerprint density at radius 2 is 1.96 bits per heavy atom. The van der Waals surface area contributed by atoms with E-state index in [0.29, 0.717) is 6.04 Å². The zero-order valence-electron chi connectivity index (χ0n) is 13.2. The van der Waals surface area contributed by atoms with Crippen LogP contribution in [0.1, 0.15) is 51.2 Å². The van der Waals surface area contributed by atoms with E-state index in [9.17, 15) is 5.11 Å². The fourth-order valence-corrected chi connectivity index (χ4v) is 3.52. The standard InChI is InChI=1S/C16H23N5O2/c22-12-6-4-11(5-7-12)20-15-14-16(18-9-17-15)21(10-19-14)13-3-1-2-8-23-13/h9-13,22H,1-8H2,(H,17,18,20). The fraction of sp³-hybridized carbons (Fsp3) is 0.688. The Balaban J connectivity index is 1.57. The van der Waals surface area contributed by atoms with Crippen LogP contribution in [0.5, 0.6) is 0 Å². The van der Waals surface area contributed by atoms with E-state index in [4.69, 9.17) is 4.74 Å². The molecule has 1 aliphatic carbocycles. The van der Waals surface area contributed by atoms with E-state index in [1.54, 1.807) is 6.33 Å². The minimum atomic E-state index is -0.152. The van der Waals surface area contributed by atoms with Gasteiger partial charge in [-0.1, -0.05) is 0 Å². The molecular weight excluding hydrogens is 294 g/mol. The minimum Gasteiger partial charge on any atom is -0.393 e. The molecule has 1 saturated heterocycles. The van der Waals surface area contributed by atoms with Gasteiger partial charge in [0.15, 0.2) is 17.0 Å². The molecule has 0 spiro atoms. The molecule has 3 heterocycles. The van der Waals surface area contributed by atoms with Crippen LogP contribution in [0.4, 0.5) is 5.82 Å². The zero-order chi connectivity index (χ0) is 15.6. The van der Waals surface area contributed by atoms with Crippen LogP contribution in [-0.4, -0.2) is 43.4 Å². The van der Waals surface area contributed by atoms with Crippen LogP contribution in [0.3, 0.4) is 0 Å². The Morgan fingerprint density at radius 3 is 2.74 bits per heavy atom. The van der Waals surface area contributed by atoms with Gasteiger partial charge in [0.05, 0.1) is 12.4 Å². The number of hydrogen-bond donors (Lipinski definition) is 2. The molecule has 1 saturated carbocycles. The van der Waals surface area contributed by atoms with Crippen molar-refractivity contribution in [1.82, 2.24) is 19.5 Å². The average molecular weight is 317 g/mol. The number of hydrogen-bond acceptors (Lipinski definition) is 6. The second-order valence-electron chi connectivity index (χ2n) is 6.52. The summed E-state index contributed by atoms with van der Waals surface area (Å²) in [5.74, 6) is 0.783. The fourth-order valence-electron chi connectivity index (χ4n) is 3.52. The molecule has 2 N–H and O–H groups in total. The molecule has 124 valence electrons. The van der Waals surface area contributed by atoms with Crippen molar-refractivity contribution in [3.63, 3.8) is 0 Å². The van der Waals surface area contributed by atoms with Gasteiger partial charge in [-0.25, -0.2) is 15.0 Å². The zero-order valence-corrected chi connectivity index (χ0v) is 13.2. The summed E-state index contributed by atoms with van der Waals surface area (Å²) < 4.78 is 7.87. The Bertz CT molecular complexity index is 660. The molecule has 2 fully saturated rings. The van der Waals surface area contributed by atoms with Crippen LogP contribution in [0.25, 0.3) is 11.2 Å². The van der Waals surface area contributed by atoms with Crippen molar-refractivity contribution in [2.24, 2.45) is 0 Å². The van der Waals surface area contributed by atoms with E-state index < -0.39 is 0 Å². The van der Waals surface area contributed by atoms with Crippen molar-refractivity contribution in [3.05, 3.63) is 12.7 Å². The monoisotopic (exact) mass is 317 g/mol. The molecule has 1 atom stereocenters. The Kier molecular flexibility index (Phi) is 4.13. The summed E-state index contributed by atoms with van der Waals surface area (Å²) in [6.45, 7) is 0.797. The van der Waals surface area contributed by atoms with Crippen LogP contribution in [-0.2, 0) is 4.74 Å². The molecule has 0 amide bonds. The molecule has 1 aliphatic heterocycles. The van der Waals surface area contributed by atoms with Crippen molar-refractivity contribution in [1.29, 1.82) is 0 Å². The maximum Gasteiger partial charge on any atom is 0.167 e. The van der Waals surface area contributed by atoms with Crippen molar-refractivity contribution in [2.75, 3.05) is 11.9 Å². The lowest BCUT2D eigenvalue weighted by molar-refractivity contribution is -0.0298. The average Bonchev–Trinajstić information content (AvgIpc) is 3.03. The summed E-state index contributed by atoms with van der Waals surface area (Å²) in [4.78, 5) is 13.3. The van der Waals surface area contributed by atoms with Gasteiger partial charge >= 0.3 is 0 Å². The minimum absolute atomic E-state index is 0.0290. The highest BCUT2D eigenvalue weighted by Gasteiger charge is 2.23. The van der Waals surface area contributed by atoms with Crippen molar-refractivity contribution in [3.8, 4) is 0 Å². The summed E-state index contributed by atoms with van der Waals surface area (Å²) in [5.41, 5.74) is 1.62. The number of rotatable bonds is 3. The summed E-state index contributed by atoms with van der Waals surface area (Å²) in [5, 5.41) is 13.1. The van der Waals surface area contributed by atoms with Crippen LogP contribution < -0.4 is 5.32 Å². The Hall–Kier alpha value is -1.73. The lowest BCUT2D eigenvalue weighted by Gasteiger charge is -2.26. The van der Waals surface area contributed by atoms with Gasteiger partial charge in [0.25, 0.3) is 0 Å². The highest BCUT2D eigenvalue weighted by molar-refractivity contribution is 5.82. The highest BCUT2D eigenvalue weighted by atomic mass is 16.5. The lowest BCUT2D eigenvalue weighted by atomic mass is 9.93. The number of ether oxygens (including phenoxy) is 1. The van der Waals surface area contributed by atoms with Gasteiger partial charge in [0.2, 0.25) is 0 Å².